The zero-order valence-electron chi connectivity index (χ0n) is 11.5. The predicted molar refractivity (Wildman–Crippen MR) is 81.2 cm³/mol. The number of carbonyl (C=O) groups is 1. The van der Waals surface area contributed by atoms with Crippen LogP contribution in [0.2, 0.25) is 0 Å². The molecule has 1 aromatic heterocycles. The van der Waals surface area contributed by atoms with Gasteiger partial charge in [-0.2, -0.15) is 0 Å². The van der Waals surface area contributed by atoms with Crippen molar-refractivity contribution in [3.8, 4) is 0 Å². The predicted octanol–water partition coefficient (Wildman–Crippen LogP) is 2.68. The van der Waals surface area contributed by atoms with Crippen molar-refractivity contribution in [3.05, 3.63) is 47.2 Å². The van der Waals surface area contributed by atoms with Crippen LogP contribution in [0.4, 0.5) is 9.52 Å². The number of carbonyl (C=O) groups excluding carboxylic acids is 1. The van der Waals surface area contributed by atoms with E-state index >= 15 is 0 Å². The number of hydrogen-bond donors (Lipinski definition) is 1. The smallest absolute Gasteiger partial charge is 0.251 e. The molecular weight excluding hydrogens is 289 g/mol. The number of aromatic nitrogens is 1. The first-order valence-electron chi connectivity index (χ1n) is 6.94. The SMILES string of the molecule is O=C(NCC1CCCN1c1nccs1)c1ccc(F)cc1. The Hall–Kier alpha value is -1.95. The Morgan fingerprint density at radius 2 is 2.24 bits per heavy atom. The maximum Gasteiger partial charge on any atom is 0.251 e. The van der Waals surface area contributed by atoms with Gasteiger partial charge in [0.05, 0.1) is 0 Å². The maximum absolute atomic E-state index is 12.8. The molecule has 1 aliphatic heterocycles. The summed E-state index contributed by atoms with van der Waals surface area (Å²) in [6.07, 6.45) is 3.95. The van der Waals surface area contributed by atoms with Gasteiger partial charge >= 0.3 is 0 Å². The summed E-state index contributed by atoms with van der Waals surface area (Å²) in [5.74, 6) is -0.502. The van der Waals surface area contributed by atoms with Crippen molar-refractivity contribution < 1.29 is 9.18 Å². The minimum Gasteiger partial charge on any atom is -0.350 e. The maximum atomic E-state index is 12.8. The van der Waals surface area contributed by atoms with Crippen LogP contribution in [0.1, 0.15) is 23.2 Å². The molecule has 0 radical (unpaired) electrons. The number of nitrogens with one attached hydrogen (secondary N) is 1. The van der Waals surface area contributed by atoms with Crippen LogP contribution < -0.4 is 10.2 Å². The Kier molecular flexibility index (Phi) is 4.15. The van der Waals surface area contributed by atoms with Gasteiger partial charge in [-0.05, 0) is 37.1 Å². The molecule has 1 aliphatic rings. The molecule has 1 aromatic carbocycles. The summed E-state index contributed by atoms with van der Waals surface area (Å²) in [5.41, 5.74) is 0.482. The van der Waals surface area contributed by atoms with E-state index < -0.39 is 0 Å². The Labute approximate surface area is 126 Å². The third-order valence-electron chi connectivity index (χ3n) is 3.65. The number of anilines is 1. The Balaban J connectivity index is 1.59. The quantitative estimate of drug-likeness (QED) is 0.944. The van der Waals surface area contributed by atoms with Crippen LogP contribution in [-0.4, -0.2) is 30.0 Å². The third kappa shape index (κ3) is 3.21. The molecule has 1 fully saturated rings. The Morgan fingerprint density at radius 3 is 2.95 bits per heavy atom. The van der Waals surface area contributed by atoms with Gasteiger partial charge in [-0.1, -0.05) is 0 Å². The summed E-state index contributed by atoms with van der Waals surface area (Å²) >= 11 is 1.62. The van der Waals surface area contributed by atoms with E-state index in [-0.39, 0.29) is 17.8 Å². The Bertz CT molecular complexity index is 600. The molecule has 1 amide bonds. The molecule has 2 heterocycles. The van der Waals surface area contributed by atoms with Crippen LogP contribution in [0, 0.1) is 5.82 Å². The number of amides is 1. The second kappa shape index (κ2) is 6.22. The lowest BCUT2D eigenvalue weighted by atomic mass is 10.2. The van der Waals surface area contributed by atoms with Crippen molar-refractivity contribution in [2.45, 2.75) is 18.9 Å². The van der Waals surface area contributed by atoms with Crippen LogP contribution in [0.25, 0.3) is 0 Å². The van der Waals surface area contributed by atoms with Gasteiger partial charge in [0.2, 0.25) is 0 Å². The second-order valence-electron chi connectivity index (χ2n) is 5.02. The first-order valence-corrected chi connectivity index (χ1v) is 7.82. The van der Waals surface area contributed by atoms with E-state index in [1.165, 1.54) is 24.3 Å². The monoisotopic (exact) mass is 305 g/mol. The van der Waals surface area contributed by atoms with Crippen molar-refractivity contribution in [1.29, 1.82) is 0 Å². The van der Waals surface area contributed by atoms with E-state index in [9.17, 15) is 9.18 Å². The lowest BCUT2D eigenvalue weighted by Gasteiger charge is -2.24. The minimum atomic E-state index is -0.336. The van der Waals surface area contributed by atoms with Gasteiger partial charge in [0, 0.05) is 36.3 Å². The summed E-state index contributed by atoms with van der Waals surface area (Å²) in [4.78, 5) is 18.6. The van der Waals surface area contributed by atoms with Crippen molar-refractivity contribution in [2.75, 3.05) is 18.0 Å². The topological polar surface area (TPSA) is 45.2 Å². The van der Waals surface area contributed by atoms with Gasteiger partial charge in [0.25, 0.3) is 5.91 Å². The summed E-state index contributed by atoms with van der Waals surface area (Å²) in [6, 6.07) is 5.87. The van der Waals surface area contributed by atoms with E-state index in [0.29, 0.717) is 12.1 Å². The normalized spacial score (nSPS) is 18.0. The molecule has 0 bridgehead atoms. The summed E-state index contributed by atoms with van der Waals surface area (Å²) < 4.78 is 12.8. The molecule has 0 spiro atoms. The molecule has 0 aliphatic carbocycles. The zero-order valence-corrected chi connectivity index (χ0v) is 12.3. The fourth-order valence-corrected chi connectivity index (χ4v) is 3.31. The number of benzene rings is 1. The van der Waals surface area contributed by atoms with Crippen molar-refractivity contribution in [2.24, 2.45) is 0 Å². The highest BCUT2D eigenvalue weighted by Crippen LogP contribution is 2.26. The van der Waals surface area contributed by atoms with E-state index in [2.05, 4.69) is 15.2 Å². The highest BCUT2D eigenvalue weighted by molar-refractivity contribution is 7.13. The largest absolute Gasteiger partial charge is 0.350 e. The van der Waals surface area contributed by atoms with Crippen LogP contribution in [0.5, 0.6) is 0 Å². The summed E-state index contributed by atoms with van der Waals surface area (Å²) in [6.45, 7) is 1.56. The average Bonchev–Trinajstić information content (AvgIpc) is 3.16. The van der Waals surface area contributed by atoms with Gasteiger partial charge < -0.3 is 10.2 Å². The lowest BCUT2D eigenvalue weighted by Crippen LogP contribution is -2.40. The van der Waals surface area contributed by atoms with Crippen LogP contribution in [0.3, 0.4) is 0 Å². The van der Waals surface area contributed by atoms with Gasteiger partial charge in [-0.25, -0.2) is 9.37 Å². The van der Waals surface area contributed by atoms with Gasteiger partial charge in [0.1, 0.15) is 5.82 Å². The van der Waals surface area contributed by atoms with E-state index in [1.807, 2.05) is 5.38 Å². The number of halogens is 1. The zero-order chi connectivity index (χ0) is 14.7. The molecule has 1 N–H and O–H groups in total. The molecular formula is C15H16FN3OS. The highest BCUT2D eigenvalue weighted by Gasteiger charge is 2.26. The summed E-state index contributed by atoms with van der Waals surface area (Å²) in [7, 11) is 0. The number of rotatable bonds is 4. The van der Waals surface area contributed by atoms with Crippen LogP contribution in [0.15, 0.2) is 35.8 Å². The van der Waals surface area contributed by atoms with Gasteiger partial charge in [0.15, 0.2) is 5.13 Å². The van der Waals surface area contributed by atoms with Gasteiger partial charge in [-0.3, -0.25) is 4.79 Å². The van der Waals surface area contributed by atoms with E-state index in [0.717, 1.165) is 24.5 Å². The van der Waals surface area contributed by atoms with E-state index in [1.54, 1.807) is 17.5 Å². The molecule has 1 atom stereocenters. The van der Waals surface area contributed by atoms with Crippen LogP contribution in [-0.2, 0) is 0 Å². The molecule has 3 rings (SSSR count). The third-order valence-corrected chi connectivity index (χ3v) is 4.46. The fourth-order valence-electron chi connectivity index (χ4n) is 2.57. The Morgan fingerprint density at radius 1 is 1.43 bits per heavy atom. The van der Waals surface area contributed by atoms with Crippen molar-refractivity contribution in [3.63, 3.8) is 0 Å². The molecule has 110 valence electrons. The number of nitrogens with zero attached hydrogens (tertiary/aromatic N) is 2. The van der Waals surface area contributed by atoms with Crippen molar-refractivity contribution >= 4 is 22.4 Å². The van der Waals surface area contributed by atoms with Gasteiger partial charge in [-0.15, -0.1) is 11.3 Å². The molecule has 2 aromatic rings. The molecule has 0 saturated carbocycles. The second-order valence-corrected chi connectivity index (χ2v) is 5.89. The number of thiazole rings is 1. The molecule has 4 nitrogen and oxygen atoms in total. The molecule has 6 heteroatoms. The minimum absolute atomic E-state index is 0.166. The summed E-state index contributed by atoms with van der Waals surface area (Å²) in [5, 5.41) is 5.89. The molecule has 1 saturated heterocycles. The first kappa shape index (κ1) is 14.0. The fraction of sp³-hybridized carbons (Fsp3) is 0.333. The highest BCUT2D eigenvalue weighted by atomic mass is 32.1. The van der Waals surface area contributed by atoms with E-state index in [4.69, 9.17) is 0 Å². The lowest BCUT2D eigenvalue weighted by molar-refractivity contribution is 0.0951. The number of hydrogen-bond acceptors (Lipinski definition) is 4. The molecule has 21 heavy (non-hydrogen) atoms. The van der Waals surface area contributed by atoms with Crippen LogP contribution >= 0.6 is 11.3 Å². The van der Waals surface area contributed by atoms with Crippen molar-refractivity contribution in [1.82, 2.24) is 10.3 Å². The molecule has 1 unspecified atom stereocenters. The first-order chi connectivity index (χ1) is 10.2. The average molecular weight is 305 g/mol. The standard InChI is InChI=1S/C15H16FN3OS/c16-12-5-3-11(4-6-12)14(20)18-10-13-2-1-8-19(13)15-17-7-9-21-15/h3-7,9,13H,1-2,8,10H2,(H,18,20).